The zero-order chi connectivity index (χ0) is 22.9. The molecule has 32 heavy (non-hydrogen) atoms. The molecule has 1 aromatic heterocycles. The van der Waals surface area contributed by atoms with Crippen molar-refractivity contribution in [3.05, 3.63) is 98.8 Å². The lowest BCUT2D eigenvalue weighted by atomic mass is 9.89. The van der Waals surface area contributed by atoms with Gasteiger partial charge in [0.2, 0.25) is 15.9 Å². The Morgan fingerprint density at radius 2 is 1.75 bits per heavy atom. The number of aromatic amines is 1. The highest BCUT2D eigenvalue weighted by molar-refractivity contribution is 7.89. The van der Waals surface area contributed by atoms with E-state index < -0.39 is 32.7 Å². The van der Waals surface area contributed by atoms with Crippen molar-refractivity contribution in [2.75, 3.05) is 0 Å². The molecular formula is C21H18N4O6S. The average Bonchev–Trinajstić information content (AvgIpc) is 3.22. The summed E-state index contributed by atoms with van der Waals surface area (Å²) in [5, 5.41) is 18.7. The number of nitrogens with one attached hydrogen (secondary N) is 2. The molecule has 0 unspecified atom stereocenters. The number of aromatic nitrogens is 2. The predicted octanol–water partition coefficient (Wildman–Crippen LogP) is 3.25. The van der Waals surface area contributed by atoms with Gasteiger partial charge in [-0.1, -0.05) is 49.4 Å². The molecule has 0 radical (unpaired) electrons. The Labute approximate surface area is 182 Å². The zero-order valence-electron chi connectivity index (χ0n) is 16.8. The summed E-state index contributed by atoms with van der Waals surface area (Å²) in [5.41, 5.74) is 0.591. The van der Waals surface area contributed by atoms with E-state index in [1.165, 1.54) is 0 Å². The number of hydrogen-bond donors (Lipinski definition) is 2. The first kappa shape index (κ1) is 21.4. The average molecular weight is 454 g/mol. The van der Waals surface area contributed by atoms with Gasteiger partial charge in [-0.05, 0) is 28.5 Å². The molecule has 0 fully saturated rings. The van der Waals surface area contributed by atoms with Crippen LogP contribution in [0.3, 0.4) is 0 Å². The summed E-state index contributed by atoms with van der Waals surface area (Å²) in [5.74, 6) is -1.43. The van der Waals surface area contributed by atoms with E-state index in [9.17, 15) is 23.3 Å². The van der Waals surface area contributed by atoms with Gasteiger partial charge in [-0.25, -0.2) is 18.3 Å². The van der Waals surface area contributed by atoms with Crippen molar-refractivity contribution in [1.29, 1.82) is 0 Å². The second-order valence-corrected chi connectivity index (χ2v) is 8.87. The maximum atomic E-state index is 13.1. The van der Waals surface area contributed by atoms with E-state index in [4.69, 9.17) is 4.42 Å². The number of nitrogens with zero attached hydrogens (tertiary/aromatic N) is 2. The number of rotatable bonds is 7. The lowest BCUT2D eigenvalue weighted by Gasteiger charge is -2.23. The van der Waals surface area contributed by atoms with Crippen molar-refractivity contribution in [1.82, 2.24) is 14.9 Å². The number of nitro benzene ring substituents is 1. The van der Waals surface area contributed by atoms with Crippen LogP contribution < -0.4 is 10.5 Å². The normalized spacial score (nSPS) is 13.7. The molecule has 3 aromatic carbocycles. The van der Waals surface area contributed by atoms with E-state index >= 15 is 0 Å². The third-order valence-electron chi connectivity index (χ3n) is 5.17. The number of sulfonamides is 1. The van der Waals surface area contributed by atoms with Crippen LogP contribution in [0.4, 0.5) is 5.69 Å². The summed E-state index contributed by atoms with van der Waals surface area (Å²) in [7, 11) is -4.14. The summed E-state index contributed by atoms with van der Waals surface area (Å²) in [6, 6.07) is 16.8. The molecule has 0 aliphatic carbocycles. The minimum Gasteiger partial charge on any atom is -0.391 e. The van der Waals surface area contributed by atoms with Gasteiger partial charge in [0, 0.05) is 18.1 Å². The molecule has 164 valence electrons. The van der Waals surface area contributed by atoms with Crippen molar-refractivity contribution in [3.63, 3.8) is 0 Å². The lowest BCUT2D eigenvalue weighted by molar-refractivity contribution is -0.384. The van der Waals surface area contributed by atoms with Gasteiger partial charge in [-0.2, -0.15) is 4.72 Å². The first-order valence-corrected chi connectivity index (χ1v) is 11.0. The molecule has 0 aliphatic rings. The fraction of sp³-hybridized carbons (Fsp3) is 0.143. The monoisotopic (exact) mass is 454 g/mol. The summed E-state index contributed by atoms with van der Waals surface area (Å²) < 4.78 is 33.8. The van der Waals surface area contributed by atoms with Crippen molar-refractivity contribution < 1.29 is 17.8 Å². The smallest absolute Gasteiger partial charge is 0.391 e. The van der Waals surface area contributed by atoms with Gasteiger partial charge in [0.05, 0.1) is 9.82 Å². The number of non-ortho nitro benzene ring substituents is 1. The van der Waals surface area contributed by atoms with E-state index in [1.54, 1.807) is 6.92 Å². The SMILES string of the molecule is C[C@H](c1cccc2ccccc12)[C@H](NS(=O)(=O)c1ccc([N+](=O)[O-])cc1)c1n[nH]c(=O)o1. The predicted molar refractivity (Wildman–Crippen MR) is 116 cm³/mol. The maximum Gasteiger partial charge on any atom is 0.434 e. The largest absolute Gasteiger partial charge is 0.434 e. The highest BCUT2D eigenvalue weighted by Crippen LogP contribution is 2.35. The van der Waals surface area contributed by atoms with Gasteiger partial charge in [-0.15, -0.1) is 5.10 Å². The molecule has 4 aromatic rings. The lowest BCUT2D eigenvalue weighted by Crippen LogP contribution is -2.32. The van der Waals surface area contributed by atoms with Gasteiger partial charge < -0.3 is 4.42 Å². The zero-order valence-corrected chi connectivity index (χ0v) is 17.6. The Morgan fingerprint density at radius 3 is 2.41 bits per heavy atom. The van der Waals surface area contributed by atoms with Crippen LogP contribution in [-0.2, 0) is 10.0 Å². The number of hydrogen-bond acceptors (Lipinski definition) is 7. The van der Waals surface area contributed by atoms with Gasteiger partial charge in [0.1, 0.15) is 6.04 Å². The first-order valence-electron chi connectivity index (χ1n) is 9.56. The molecule has 4 rings (SSSR count). The molecule has 0 bridgehead atoms. The van der Waals surface area contributed by atoms with Crippen LogP contribution in [-0.4, -0.2) is 23.5 Å². The van der Waals surface area contributed by atoms with Crippen molar-refractivity contribution >= 4 is 26.5 Å². The first-order chi connectivity index (χ1) is 15.3. The van der Waals surface area contributed by atoms with Gasteiger partial charge in [-0.3, -0.25) is 10.1 Å². The van der Waals surface area contributed by atoms with E-state index in [1.807, 2.05) is 42.5 Å². The minimum absolute atomic E-state index is 0.124. The molecule has 0 aliphatic heterocycles. The molecule has 0 saturated heterocycles. The molecule has 10 nitrogen and oxygen atoms in total. The Bertz CT molecular complexity index is 1440. The quantitative estimate of drug-likeness (QED) is 0.322. The van der Waals surface area contributed by atoms with Crippen LogP contribution in [0.5, 0.6) is 0 Å². The molecule has 1 heterocycles. The number of H-pyrrole nitrogens is 1. The van der Waals surface area contributed by atoms with Gasteiger partial charge >= 0.3 is 5.76 Å². The van der Waals surface area contributed by atoms with Crippen LogP contribution in [0, 0.1) is 10.1 Å². The molecule has 0 saturated carbocycles. The second-order valence-electron chi connectivity index (χ2n) is 7.16. The van der Waals surface area contributed by atoms with E-state index in [0.717, 1.165) is 40.6 Å². The van der Waals surface area contributed by atoms with Crippen LogP contribution in [0.25, 0.3) is 10.8 Å². The van der Waals surface area contributed by atoms with Gasteiger partial charge in [0.15, 0.2) is 0 Å². The molecular weight excluding hydrogens is 436 g/mol. The minimum atomic E-state index is -4.14. The fourth-order valence-corrected chi connectivity index (χ4v) is 4.82. The maximum absolute atomic E-state index is 13.1. The van der Waals surface area contributed by atoms with Crippen LogP contribution in [0.15, 0.2) is 80.8 Å². The Morgan fingerprint density at radius 1 is 1.06 bits per heavy atom. The van der Waals surface area contributed by atoms with E-state index in [0.29, 0.717) is 0 Å². The standard InChI is InChI=1S/C21H18N4O6S/c1-13(17-8-4-6-14-5-2-3-7-18(14)17)19(20-22-23-21(26)31-20)24-32(29,30)16-11-9-15(10-12-16)25(27)28/h2-13,19,24H,1H3,(H,23,26)/t13-,19+/m1/s1. The number of nitro groups is 1. The number of fused-ring (bicyclic) bond motifs is 1. The van der Waals surface area contributed by atoms with Crippen LogP contribution in [0.2, 0.25) is 0 Å². The topological polar surface area (TPSA) is 148 Å². The summed E-state index contributed by atoms with van der Waals surface area (Å²) in [6.07, 6.45) is 0. The van der Waals surface area contributed by atoms with Crippen LogP contribution in [0.1, 0.15) is 30.3 Å². The van der Waals surface area contributed by atoms with Crippen molar-refractivity contribution in [3.8, 4) is 0 Å². The second kappa shape index (κ2) is 8.36. The fourth-order valence-electron chi connectivity index (χ4n) is 3.55. The Balaban J connectivity index is 1.76. The molecule has 0 amide bonds. The molecule has 0 spiro atoms. The summed E-state index contributed by atoms with van der Waals surface area (Å²) in [6.45, 7) is 1.79. The Hall–Kier alpha value is -3.83. The molecule has 2 N–H and O–H groups in total. The number of benzene rings is 3. The van der Waals surface area contributed by atoms with E-state index in [2.05, 4.69) is 14.9 Å². The third kappa shape index (κ3) is 4.15. The summed E-state index contributed by atoms with van der Waals surface area (Å²) in [4.78, 5) is 21.7. The molecule has 2 atom stereocenters. The summed E-state index contributed by atoms with van der Waals surface area (Å²) >= 11 is 0. The highest BCUT2D eigenvalue weighted by Gasteiger charge is 2.32. The van der Waals surface area contributed by atoms with Crippen molar-refractivity contribution in [2.45, 2.75) is 23.8 Å². The van der Waals surface area contributed by atoms with E-state index in [-0.39, 0.29) is 16.5 Å². The highest BCUT2D eigenvalue weighted by atomic mass is 32.2. The van der Waals surface area contributed by atoms with Crippen molar-refractivity contribution in [2.24, 2.45) is 0 Å². The van der Waals surface area contributed by atoms with Crippen LogP contribution >= 0.6 is 0 Å². The third-order valence-corrected chi connectivity index (χ3v) is 6.63. The molecule has 11 heteroatoms. The van der Waals surface area contributed by atoms with Gasteiger partial charge in [0.25, 0.3) is 5.69 Å². The Kier molecular flexibility index (Phi) is 5.59.